The Balaban J connectivity index is 3.21. The highest BCUT2D eigenvalue weighted by Gasteiger charge is 2.15. The summed E-state index contributed by atoms with van der Waals surface area (Å²) in [5, 5.41) is 0. The molecule has 0 amide bonds. The predicted octanol–water partition coefficient (Wildman–Crippen LogP) is 5.25. The molecular formula is C18H32O2. The van der Waals surface area contributed by atoms with Gasteiger partial charge in [0, 0.05) is 12.8 Å². The Kier molecular flexibility index (Phi) is 11.3. The molecule has 0 aromatic carbocycles. The number of unbranched alkanes of at least 4 members (excludes halogenated alkanes) is 9. The SMILES string of the molecule is C#CCCCCCCCCCCCC(=O)OC(C)(C)C. The van der Waals surface area contributed by atoms with E-state index >= 15 is 0 Å². The number of hydrogen-bond donors (Lipinski definition) is 0. The fourth-order valence-corrected chi connectivity index (χ4v) is 2.13. The van der Waals surface area contributed by atoms with Crippen molar-refractivity contribution >= 4 is 5.97 Å². The standard InChI is InChI=1S/C18H32O2/c1-5-6-7-8-9-10-11-12-13-14-15-16-17(19)20-18(2,3)4/h1H,6-16H2,2-4H3. The molecular weight excluding hydrogens is 248 g/mol. The van der Waals surface area contributed by atoms with E-state index in [4.69, 9.17) is 11.2 Å². The number of carbonyl (C=O) groups is 1. The van der Waals surface area contributed by atoms with Gasteiger partial charge in [-0.25, -0.2) is 0 Å². The minimum absolute atomic E-state index is 0.0639. The summed E-state index contributed by atoms with van der Waals surface area (Å²) in [6.45, 7) is 5.73. The molecule has 2 nitrogen and oxygen atoms in total. The third kappa shape index (κ3) is 15.1. The van der Waals surface area contributed by atoms with Gasteiger partial charge in [0.1, 0.15) is 5.60 Å². The number of terminal acetylenes is 1. The first-order valence-electron chi connectivity index (χ1n) is 8.11. The van der Waals surface area contributed by atoms with Gasteiger partial charge in [-0.15, -0.1) is 12.3 Å². The quantitative estimate of drug-likeness (QED) is 0.293. The smallest absolute Gasteiger partial charge is 0.306 e. The van der Waals surface area contributed by atoms with Gasteiger partial charge in [0.05, 0.1) is 0 Å². The van der Waals surface area contributed by atoms with Crippen LogP contribution < -0.4 is 0 Å². The molecule has 0 radical (unpaired) electrons. The zero-order valence-corrected chi connectivity index (χ0v) is 13.7. The normalized spacial score (nSPS) is 11.1. The van der Waals surface area contributed by atoms with Gasteiger partial charge in [0.2, 0.25) is 0 Å². The van der Waals surface area contributed by atoms with E-state index in [0.29, 0.717) is 6.42 Å². The van der Waals surface area contributed by atoms with E-state index in [2.05, 4.69) is 5.92 Å². The lowest BCUT2D eigenvalue weighted by molar-refractivity contribution is -0.154. The summed E-state index contributed by atoms with van der Waals surface area (Å²) in [7, 11) is 0. The molecule has 0 aliphatic heterocycles. The summed E-state index contributed by atoms with van der Waals surface area (Å²) in [5.74, 6) is 2.61. The van der Waals surface area contributed by atoms with E-state index in [1.54, 1.807) is 0 Å². The van der Waals surface area contributed by atoms with Crippen molar-refractivity contribution in [3.63, 3.8) is 0 Å². The average molecular weight is 280 g/mol. The highest BCUT2D eigenvalue weighted by atomic mass is 16.6. The van der Waals surface area contributed by atoms with Crippen molar-refractivity contribution in [3.05, 3.63) is 0 Å². The van der Waals surface area contributed by atoms with Crippen molar-refractivity contribution in [2.24, 2.45) is 0 Å². The minimum Gasteiger partial charge on any atom is -0.460 e. The van der Waals surface area contributed by atoms with Gasteiger partial charge in [-0.1, -0.05) is 44.9 Å². The van der Waals surface area contributed by atoms with Crippen molar-refractivity contribution in [2.45, 2.75) is 97.0 Å². The van der Waals surface area contributed by atoms with Crippen LogP contribution in [-0.4, -0.2) is 11.6 Å². The summed E-state index contributed by atoms with van der Waals surface area (Å²) in [4.78, 5) is 11.5. The molecule has 0 N–H and O–H groups in total. The summed E-state index contributed by atoms with van der Waals surface area (Å²) in [6.07, 6.45) is 17.7. The summed E-state index contributed by atoms with van der Waals surface area (Å²) in [6, 6.07) is 0. The third-order valence-corrected chi connectivity index (χ3v) is 3.12. The summed E-state index contributed by atoms with van der Waals surface area (Å²) < 4.78 is 5.28. The van der Waals surface area contributed by atoms with E-state index in [1.165, 1.54) is 44.9 Å². The topological polar surface area (TPSA) is 26.3 Å². The monoisotopic (exact) mass is 280 g/mol. The summed E-state index contributed by atoms with van der Waals surface area (Å²) >= 11 is 0. The van der Waals surface area contributed by atoms with Gasteiger partial charge < -0.3 is 4.74 Å². The Hall–Kier alpha value is -0.970. The first-order valence-corrected chi connectivity index (χ1v) is 8.11. The average Bonchev–Trinajstić information content (AvgIpc) is 2.34. The van der Waals surface area contributed by atoms with Crippen LogP contribution in [0, 0.1) is 12.3 Å². The maximum absolute atomic E-state index is 11.5. The number of esters is 1. The molecule has 116 valence electrons. The zero-order valence-electron chi connectivity index (χ0n) is 13.7. The van der Waals surface area contributed by atoms with Crippen LogP contribution in [-0.2, 0) is 9.53 Å². The molecule has 0 unspecified atom stereocenters. The molecule has 0 saturated heterocycles. The molecule has 0 saturated carbocycles. The van der Waals surface area contributed by atoms with Gasteiger partial charge in [0.15, 0.2) is 0 Å². The Morgan fingerprint density at radius 2 is 1.35 bits per heavy atom. The highest BCUT2D eigenvalue weighted by molar-refractivity contribution is 5.69. The Bertz CT molecular complexity index is 281. The van der Waals surface area contributed by atoms with Crippen LogP contribution in [0.2, 0.25) is 0 Å². The first kappa shape index (κ1) is 19.0. The van der Waals surface area contributed by atoms with Crippen molar-refractivity contribution in [1.82, 2.24) is 0 Å². The second-order valence-corrected chi connectivity index (χ2v) is 6.47. The molecule has 2 heteroatoms. The maximum atomic E-state index is 11.5. The lowest BCUT2D eigenvalue weighted by Gasteiger charge is -2.19. The fourth-order valence-electron chi connectivity index (χ4n) is 2.13. The molecule has 0 atom stereocenters. The van der Waals surface area contributed by atoms with Crippen LogP contribution in [0.15, 0.2) is 0 Å². The number of carbonyl (C=O) groups excluding carboxylic acids is 1. The van der Waals surface area contributed by atoms with Crippen LogP contribution in [0.25, 0.3) is 0 Å². The molecule has 0 aliphatic rings. The Morgan fingerprint density at radius 3 is 1.80 bits per heavy atom. The van der Waals surface area contributed by atoms with Crippen LogP contribution in [0.3, 0.4) is 0 Å². The molecule has 0 aliphatic carbocycles. The van der Waals surface area contributed by atoms with Crippen molar-refractivity contribution in [2.75, 3.05) is 0 Å². The lowest BCUT2D eigenvalue weighted by atomic mass is 10.1. The molecule has 0 heterocycles. The predicted molar refractivity (Wildman–Crippen MR) is 85.5 cm³/mol. The lowest BCUT2D eigenvalue weighted by Crippen LogP contribution is -2.23. The number of rotatable bonds is 11. The molecule has 0 fully saturated rings. The van der Waals surface area contributed by atoms with Crippen LogP contribution >= 0.6 is 0 Å². The number of ether oxygens (including phenoxy) is 1. The van der Waals surface area contributed by atoms with Gasteiger partial charge in [-0.2, -0.15) is 0 Å². The molecule has 20 heavy (non-hydrogen) atoms. The van der Waals surface area contributed by atoms with E-state index in [9.17, 15) is 4.79 Å². The molecule has 0 rings (SSSR count). The Labute approximate surface area is 125 Å². The largest absolute Gasteiger partial charge is 0.460 e. The van der Waals surface area contributed by atoms with Gasteiger partial charge in [-0.3, -0.25) is 4.79 Å². The molecule has 0 aromatic rings. The van der Waals surface area contributed by atoms with Crippen LogP contribution in [0.1, 0.15) is 91.4 Å². The second kappa shape index (κ2) is 11.8. The minimum atomic E-state index is -0.351. The van der Waals surface area contributed by atoms with Crippen LogP contribution in [0.5, 0.6) is 0 Å². The first-order chi connectivity index (χ1) is 9.45. The number of hydrogen-bond acceptors (Lipinski definition) is 2. The van der Waals surface area contributed by atoms with Gasteiger partial charge in [0.25, 0.3) is 0 Å². The van der Waals surface area contributed by atoms with Crippen molar-refractivity contribution in [1.29, 1.82) is 0 Å². The van der Waals surface area contributed by atoms with E-state index in [1.807, 2.05) is 20.8 Å². The molecule has 0 aromatic heterocycles. The fraction of sp³-hybridized carbons (Fsp3) is 0.833. The maximum Gasteiger partial charge on any atom is 0.306 e. The summed E-state index contributed by atoms with van der Waals surface area (Å²) in [5.41, 5.74) is -0.351. The van der Waals surface area contributed by atoms with Crippen molar-refractivity contribution in [3.8, 4) is 12.3 Å². The van der Waals surface area contributed by atoms with Gasteiger partial charge in [-0.05, 0) is 33.6 Å². The third-order valence-electron chi connectivity index (χ3n) is 3.12. The molecule has 0 spiro atoms. The van der Waals surface area contributed by atoms with E-state index in [0.717, 1.165) is 19.3 Å². The zero-order chi connectivity index (χ0) is 15.3. The molecule has 0 bridgehead atoms. The second-order valence-electron chi connectivity index (χ2n) is 6.47. The Morgan fingerprint density at radius 1 is 0.900 bits per heavy atom. The van der Waals surface area contributed by atoms with Crippen LogP contribution in [0.4, 0.5) is 0 Å². The van der Waals surface area contributed by atoms with Gasteiger partial charge >= 0.3 is 5.97 Å². The van der Waals surface area contributed by atoms with E-state index < -0.39 is 0 Å². The van der Waals surface area contributed by atoms with E-state index in [-0.39, 0.29) is 11.6 Å². The van der Waals surface area contributed by atoms with Crippen molar-refractivity contribution < 1.29 is 9.53 Å². The highest BCUT2D eigenvalue weighted by Crippen LogP contribution is 2.13.